The normalized spacial score (nSPS) is 11.1. The highest BCUT2D eigenvalue weighted by atomic mass is 16.5. The molecular weight excluding hydrogens is 452 g/mol. The number of hydrogen-bond acceptors (Lipinski definition) is 5. The molecule has 1 aromatic rings. The van der Waals surface area contributed by atoms with Crippen molar-refractivity contribution >= 4 is 12.0 Å². The van der Waals surface area contributed by atoms with Crippen molar-refractivity contribution in [2.45, 2.75) is 118 Å². The van der Waals surface area contributed by atoms with Crippen LogP contribution in [0.15, 0.2) is 18.2 Å². The molecule has 0 atom stereocenters. The van der Waals surface area contributed by atoms with Crippen molar-refractivity contribution in [1.29, 1.82) is 0 Å². The van der Waals surface area contributed by atoms with E-state index in [0.717, 1.165) is 62.7 Å². The second-order valence-corrected chi connectivity index (χ2v) is 9.42. The Morgan fingerprint density at radius 3 is 1.78 bits per heavy atom. The summed E-state index contributed by atoms with van der Waals surface area (Å²) in [4.78, 5) is 12.2. The van der Waals surface area contributed by atoms with Gasteiger partial charge < -0.3 is 18.9 Å². The molecule has 0 aliphatic carbocycles. The molecule has 0 aliphatic heterocycles. The Morgan fingerprint density at radius 1 is 0.639 bits per heavy atom. The first kappa shape index (κ1) is 31.9. The Balaban J connectivity index is 3.08. The average molecular weight is 505 g/mol. The summed E-state index contributed by atoms with van der Waals surface area (Å²) in [5.74, 6) is 1.77. The summed E-state index contributed by atoms with van der Waals surface area (Å²) in [5, 5.41) is 0. The van der Waals surface area contributed by atoms with E-state index in [9.17, 15) is 4.79 Å². The molecule has 0 spiro atoms. The zero-order valence-electron chi connectivity index (χ0n) is 23.6. The first-order chi connectivity index (χ1) is 17.7. The summed E-state index contributed by atoms with van der Waals surface area (Å²) in [5.41, 5.74) is 0.785. The van der Waals surface area contributed by atoms with Crippen LogP contribution in [-0.4, -0.2) is 32.4 Å². The van der Waals surface area contributed by atoms with Crippen molar-refractivity contribution in [2.75, 3.05) is 26.4 Å². The van der Waals surface area contributed by atoms with Crippen LogP contribution in [-0.2, 0) is 9.53 Å². The van der Waals surface area contributed by atoms with Crippen LogP contribution in [0.3, 0.4) is 0 Å². The monoisotopic (exact) mass is 504 g/mol. The summed E-state index contributed by atoms with van der Waals surface area (Å²) in [6, 6.07) is 3.89. The maximum atomic E-state index is 12.2. The second-order valence-electron chi connectivity index (χ2n) is 9.42. The lowest BCUT2D eigenvalue weighted by Gasteiger charge is -2.18. The van der Waals surface area contributed by atoms with Crippen LogP contribution in [0.25, 0.3) is 6.08 Å². The van der Waals surface area contributed by atoms with E-state index in [1.165, 1.54) is 44.6 Å². The number of benzene rings is 1. The predicted octanol–water partition coefficient (Wildman–Crippen LogP) is 8.92. The number of esters is 1. The third-order valence-electron chi connectivity index (χ3n) is 5.96. The van der Waals surface area contributed by atoms with Crippen molar-refractivity contribution in [2.24, 2.45) is 0 Å². The largest absolute Gasteiger partial charge is 0.493 e. The molecule has 0 bridgehead atoms. The average Bonchev–Trinajstić information content (AvgIpc) is 2.88. The van der Waals surface area contributed by atoms with E-state index < -0.39 is 0 Å². The second kappa shape index (κ2) is 22.1. The van der Waals surface area contributed by atoms with Gasteiger partial charge in [-0.25, -0.2) is 4.79 Å². The highest BCUT2D eigenvalue weighted by molar-refractivity contribution is 5.88. The van der Waals surface area contributed by atoms with Crippen LogP contribution in [0.4, 0.5) is 0 Å². The maximum Gasteiger partial charge on any atom is 0.330 e. The minimum Gasteiger partial charge on any atom is -0.493 e. The lowest BCUT2D eigenvalue weighted by atomic mass is 10.1. The minimum absolute atomic E-state index is 0.342. The molecule has 0 aromatic heterocycles. The molecule has 0 saturated carbocycles. The molecule has 206 valence electrons. The van der Waals surface area contributed by atoms with Crippen molar-refractivity contribution in [3.8, 4) is 17.2 Å². The zero-order chi connectivity index (χ0) is 26.3. The van der Waals surface area contributed by atoms with Crippen LogP contribution >= 0.6 is 0 Å². The Labute approximate surface area is 220 Å². The quantitative estimate of drug-likeness (QED) is 0.0846. The Kier molecular flexibility index (Phi) is 19.5. The first-order valence-corrected chi connectivity index (χ1v) is 14.6. The molecule has 0 aliphatic rings. The fraction of sp³-hybridized carbons (Fsp3) is 0.710. The van der Waals surface area contributed by atoms with Gasteiger partial charge in [-0.15, -0.1) is 0 Å². The minimum atomic E-state index is -0.342. The van der Waals surface area contributed by atoms with Gasteiger partial charge in [-0.3, -0.25) is 0 Å². The van der Waals surface area contributed by atoms with Crippen molar-refractivity contribution in [3.63, 3.8) is 0 Å². The van der Waals surface area contributed by atoms with Gasteiger partial charge in [-0.2, -0.15) is 0 Å². The topological polar surface area (TPSA) is 54.0 Å². The summed E-state index contributed by atoms with van der Waals surface area (Å²) in [6.45, 7) is 11.0. The van der Waals surface area contributed by atoms with Gasteiger partial charge in [-0.05, 0) is 37.8 Å². The fourth-order valence-corrected chi connectivity index (χ4v) is 3.72. The van der Waals surface area contributed by atoms with E-state index >= 15 is 0 Å². The van der Waals surface area contributed by atoms with Gasteiger partial charge in [0, 0.05) is 17.7 Å². The van der Waals surface area contributed by atoms with E-state index in [1.54, 1.807) is 6.08 Å². The summed E-state index contributed by atoms with van der Waals surface area (Å²) in [6.07, 6.45) is 18.7. The van der Waals surface area contributed by atoms with Gasteiger partial charge in [0.15, 0.2) is 11.5 Å². The number of carbonyl (C=O) groups is 1. The van der Waals surface area contributed by atoms with Crippen LogP contribution in [0.5, 0.6) is 17.2 Å². The third-order valence-corrected chi connectivity index (χ3v) is 5.96. The van der Waals surface area contributed by atoms with Gasteiger partial charge in [0.1, 0.15) is 5.75 Å². The molecule has 0 saturated heterocycles. The van der Waals surface area contributed by atoms with Gasteiger partial charge in [-0.1, -0.05) is 91.9 Å². The zero-order valence-corrected chi connectivity index (χ0v) is 23.6. The lowest BCUT2D eigenvalue weighted by molar-refractivity contribution is -0.137. The van der Waals surface area contributed by atoms with E-state index in [0.29, 0.717) is 37.9 Å². The standard InChI is InChI=1S/C31H52O5/c1-5-9-13-16-22-33-28-25-27(19-20-30(32)35-21-12-8-4)31(36-24-18-15-11-7-3)29(26-28)34-23-17-14-10-6-2/h19-20,25-26H,5-18,21-24H2,1-4H3. The van der Waals surface area contributed by atoms with Crippen molar-refractivity contribution in [1.82, 2.24) is 0 Å². The predicted molar refractivity (Wildman–Crippen MR) is 150 cm³/mol. The Bertz CT molecular complexity index is 713. The molecule has 0 heterocycles. The van der Waals surface area contributed by atoms with E-state index in [-0.39, 0.29) is 5.97 Å². The number of rotatable bonds is 23. The molecule has 0 amide bonds. The number of carbonyl (C=O) groups excluding carboxylic acids is 1. The lowest BCUT2D eigenvalue weighted by Crippen LogP contribution is -2.06. The van der Waals surface area contributed by atoms with E-state index in [2.05, 4.69) is 27.7 Å². The van der Waals surface area contributed by atoms with Crippen LogP contribution in [0.2, 0.25) is 0 Å². The van der Waals surface area contributed by atoms with E-state index in [1.807, 2.05) is 12.1 Å². The van der Waals surface area contributed by atoms with Crippen molar-refractivity contribution < 1.29 is 23.7 Å². The van der Waals surface area contributed by atoms with Gasteiger partial charge in [0.05, 0.1) is 26.4 Å². The number of hydrogen-bond donors (Lipinski definition) is 0. The van der Waals surface area contributed by atoms with E-state index in [4.69, 9.17) is 18.9 Å². The number of unbranched alkanes of at least 4 members (excludes halogenated alkanes) is 10. The number of ether oxygens (including phenoxy) is 4. The van der Waals surface area contributed by atoms with Crippen LogP contribution < -0.4 is 14.2 Å². The molecule has 1 aromatic carbocycles. The van der Waals surface area contributed by atoms with Crippen molar-refractivity contribution in [3.05, 3.63) is 23.8 Å². The SMILES string of the molecule is CCCCCCOc1cc(C=CC(=O)OCCCC)c(OCCCCCC)c(OCCCCCC)c1. The Hall–Kier alpha value is -2.17. The molecule has 0 unspecified atom stereocenters. The molecular formula is C31H52O5. The van der Waals surface area contributed by atoms with Gasteiger partial charge >= 0.3 is 5.97 Å². The molecule has 0 radical (unpaired) electrons. The highest BCUT2D eigenvalue weighted by Crippen LogP contribution is 2.37. The van der Waals surface area contributed by atoms with Gasteiger partial charge in [0.2, 0.25) is 0 Å². The third kappa shape index (κ3) is 15.1. The molecule has 0 fully saturated rings. The summed E-state index contributed by atoms with van der Waals surface area (Å²) >= 11 is 0. The smallest absolute Gasteiger partial charge is 0.330 e. The molecule has 1 rings (SSSR count). The fourth-order valence-electron chi connectivity index (χ4n) is 3.72. The first-order valence-electron chi connectivity index (χ1n) is 14.6. The molecule has 5 heteroatoms. The summed E-state index contributed by atoms with van der Waals surface area (Å²) in [7, 11) is 0. The molecule has 0 N–H and O–H groups in total. The molecule has 36 heavy (non-hydrogen) atoms. The Morgan fingerprint density at radius 2 is 1.19 bits per heavy atom. The van der Waals surface area contributed by atoms with Crippen LogP contribution in [0.1, 0.15) is 123 Å². The maximum absolute atomic E-state index is 12.2. The van der Waals surface area contributed by atoms with Crippen LogP contribution in [0, 0.1) is 0 Å². The highest BCUT2D eigenvalue weighted by Gasteiger charge is 2.14. The van der Waals surface area contributed by atoms with Gasteiger partial charge in [0.25, 0.3) is 0 Å². The molecule has 5 nitrogen and oxygen atoms in total. The summed E-state index contributed by atoms with van der Waals surface area (Å²) < 4.78 is 23.9.